The summed E-state index contributed by atoms with van der Waals surface area (Å²) in [7, 11) is 1.71. The molecule has 14 heavy (non-hydrogen) atoms. The molecule has 1 N–H and O–H groups in total. The Bertz CT molecular complexity index is 221. The molecular formula is C8H19N2OPS2. The van der Waals surface area contributed by atoms with E-state index in [9.17, 15) is 0 Å². The summed E-state index contributed by atoms with van der Waals surface area (Å²) in [5.41, 5.74) is -1.96. The average Bonchev–Trinajstić information content (AvgIpc) is 2.11. The minimum Gasteiger partial charge on any atom is -0.326 e. The number of hydrogen-bond acceptors (Lipinski definition) is 4. The quantitative estimate of drug-likeness (QED) is 0.430. The summed E-state index contributed by atoms with van der Waals surface area (Å²) >= 11 is 7.14. The molecule has 0 aromatic rings. The molecule has 0 aromatic heterocycles. The standard InChI is InChI=1S/C8H19N2OPS2/c1-5-6-11-12(13,10-7-9-4)14-8(2)3/h7-8H,5-6H2,1-4H3,(H,9,10,13). The van der Waals surface area contributed by atoms with Crippen molar-refractivity contribution in [3.63, 3.8) is 0 Å². The maximum Gasteiger partial charge on any atom is 0.211 e. The van der Waals surface area contributed by atoms with Crippen molar-refractivity contribution in [2.24, 2.45) is 4.99 Å². The lowest BCUT2D eigenvalue weighted by Gasteiger charge is -2.22. The highest BCUT2D eigenvalue weighted by molar-refractivity contribution is 8.69. The predicted molar refractivity (Wildman–Crippen MR) is 70.8 cm³/mol. The van der Waals surface area contributed by atoms with Gasteiger partial charge in [0, 0.05) is 12.3 Å². The lowest BCUT2D eigenvalue weighted by atomic mass is 10.5. The van der Waals surface area contributed by atoms with Crippen LogP contribution in [0.15, 0.2) is 4.99 Å². The smallest absolute Gasteiger partial charge is 0.211 e. The SMILES string of the molecule is CCCOP(=S)(NC=NC)SC(C)C. The predicted octanol–water partition coefficient (Wildman–Crippen LogP) is 3.03. The first-order chi connectivity index (χ1) is 6.54. The number of nitrogens with one attached hydrogen (secondary N) is 1. The molecule has 84 valence electrons. The van der Waals surface area contributed by atoms with Crippen molar-refractivity contribution in [1.82, 2.24) is 5.09 Å². The fourth-order valence-corrected chi connectivity index (χ4v) is 6.46. The zero-order chi connectivity index (χ0) is 11.0. The van der Waals surface area contributed by atoms with Gasteiger partial charge in [-0.2, -0.15) is 0 Å². The highest BCUT2D eigenvalue weighted by Crippen LogP contribution is 2.57. The molecule has 0 amide bonds. The van der Waals surface area contributed by atoms with Crippen LogP contribution in [0.2, 0.25) is 0 Å². The Balaban J connectivity index is 4.25. The van der Waals surface area contributed by atoms with E-state index < -0.39 is 5.62 Å². The molecule has 0 fully saturated rings. The van der Waals surface area contributed by atoms with Crippen molar-refractivity contribution in [3.05, 3.63) is 0 Å². The number of rotatable bonds is 7. The molecule has 0 aliphatic carbocycles. The Morgan fingerprint density at radius 2 is 2.29 bits per heavy atom. The largest absolute Gasteiger partial charge is 0.326 e. The summed E-state index contributed by atoms with van der Waals surface area (Å²) in [5.74, 6) is 0. The zero-order valence-corrected chi connectivity index (χ0v) is 11.7. The molecule has 0 rings (SSSR count). The second-order valence-corrected chi connectivity index (χ2v) is 10.1. The van der Waals surface area contributed by atoms with E-state index >= 15 is 0 Å². The normalized spacial score (nSPS) is 16.1. The minimum atomic E-state index is -1.96. The lowest BCUT2D eigenvalue weighted by molar-refractivity contribution is 0.356. The van der Waals surface area contributed by atoms with Crippen LogP contribution < -0.4 is 5.09 Å². The van der Waals surface area contributed by atoms with E-state index in [4.69, 9.17) is 16.3 Å². The highest BCUT2D eigenvalue weighted by atomic mass is 32.9. The summed E-state index contributed by atoms with van der Waals surface area (Å²) in [4.78, 5) is 3.87. The van der Waals surface area contributed by atoms with Crippen LogP contribution in [0.4, 0.5) is 0 Å². The molecule has 0 aromatic carbocycles. The van der Waals surface area contributed by atoms with Crippen LogP contribution in [0.1, 0.15) is 27.2 Å². The van der Waals surface area contributed by atoms with E-state index in [0.717, 1.165) is 6.42 Å². The van der Waals surface area contributed by atoms with Crippen molar-refractivity contribution < 1.29 is 4.52 Å². The third-order valence-electron chi connectivity index (χ3n) is 1.16. The van der Waals surface area contributed by atoms with E-state index in [1.807, 2.05) is 0 Å². The van der Waals surface area contributed by atoms with Gasteiger partial charge >= 0.3 is 0 Å². The summed E-state index contributed by atoms with van der Waals surface area (Å²) in [5, 5.41) is 3.55. The molecular weight excluding hydrogens is 235 g/mol. The van der Waals surface area contributed by atoms with Gasteiger partial charge in [0.2, 0.25) is 5.62 Å². The van der Waals surface area contributed by atoms with Gasteiger partial charge in [-0.25, -0.2) is 0 Å². The van der Waals surface area contributed by atoms with E-state index in [-0.39, 0.29) is 0 Å². The first kappa shape index (κ1) is 14.4. The first-order valence-electron chi connectivity index (χ1n) is 4.65. The average molecular weight is 254 g/mol. The van der Waals surface area contributed by atoms with Gasteiger partial charge in [-0.3, -0.25) is 4.99 Å². The second-order valence-electron chi connectivity index (χ2n) is 3.00. The van der Waals surface area contributed by atoms with Gasteiger partial charge in [-0.1, -0.05) is 32.2 Å². The molecule has 0 saturated carbocycles. The van der Waals surface area contributed by atoms with Gasteiger partial charge in [0.1, 0.15) is 0 Å². The molecule has 3 nitrogen and oxygen atoms in total. The van der Waals surface area contributed by atoms with Crippen molar-refractivity contribution in [1.29, 1.82) is 0 Å². The molecule has 0 radical (unpaired) electrons. The molecule has 0 aliphatic heterocycles. The molecule has 0 heterocycles. The number of hydrogen-bond donors (Lipinski definition) is 1. The van der Waals surface area contributed by atoms with E-state index in [1.165, 1.54) is 0 Å². The Kier molecular flexibility index (Phi) is 7.92. The first-order valence-corrected chi connectivity index (χ1v) is 8.86. The van der Waals surface area contributed by atoms with Crippen molar-refractivity contribution in [3.8, 4) is 0 Å². The highest BCUT2D eigenvalue weighted by Gasteiger charge is 2.18. The van der Waals surface area contributed by atoms with Gasteiger partial charge in [-0.15, -0.1) is 0 Å². The fourth-order valence-electron chi connectivity index (χ4n) is 0.716. The summed E-state index contributed by atoms with van der Waals surface area (Å²) < 4.78 is 5.68. The topological polar surface area (TPSA) is 33.6 Å². The van der Waals surface area contributed by atoms with Gasteiger partial charge < -0.3 is 9.61 Å². The van der Waals surface area contributed by atoms with E-state index in [1.54, 1.807) is 24.8 Å². The van der Waals surface area contributed by atoms with Crippen molar-refractivity contribution in [2.45, 2.75) is 32.4 Å². The van der Waals surface area contributed by atoms with Gasteiger partial charge in [-0.05, 0) is 18.2 Å². The Hall–Kier alpha value is 0.430. The van der Waals surface area contributed by atoms with E-state index in [2.05, 4.69) is 30.9 Å². The molecule has 0 saturated heterocycles. The van der Waals surface area contributed by atoms with Gasteiger partial charge in [0.15, 0.2) is 0 Å². The maximum atomic E-state index is 5.68. The Morgan fingerprint density at radius 1 is 1.64 bits per heavy atom. The monoisotopic (exact) mass is 254 g/mol. The summed E-state index contributed by atoms with van der Waals surface area (Å²) in [6, 6.07) is 0. The summed E-state index contributed by atoms with van der Waals surface area (Å²) in [6.07, 6.45) is 2.62. The van der Waals surface area contributed by atoms with Crippen LogP contribution in [-0.4, -0.2) is 25.2 Å². The molecule has 1 unspecified atom stereocenters. The molecule has 0 spiro atoms. The third kappa shape index (κ3) is 6.82. The summed E-state index contributed by atoms with van der Waals surface area (Å²) in [6.45, 7) is 7.02. The molecule has 6 heteroatoms. The van der Waals surface area contributed by atoms with Crippen LogP contribution in [0.25, 0.3) is 0 Å². The van der Waals surface area contributed by atoms with Crippen LogP contribution in [0.3, 0.4) is 0 Å². The van der Waals surface area contributed by atoms with Crippen LogP contribution in [-0.2, 0) is 16.3 Å². The second kappa shape index (κ2) is 7.69. The minimum absolute atomic E-state index is 0.468. The van der Waals surface area contributed by atoms with Gasteiger partial charge in [0.25, 0.3) is 0 Å². The maximum absolute atomic E-state index is 5.68. The number of aliphatic imine (C=N–C) groups is 1. The molecule has 0 aliphatic rings. The van der Waals surface area contributed by atoms with Crippen molar-refractivity contribution >= 4 is 35.1 Å². The molecule has 0 bridgehead atoms. The van der Waals surface area contributed by atoms with E-state index in [0.29, 0.717) is 11.9 Å². The Labute approximate surface area is 96.0 Å². The van der Waals surface area contributed by atoms with Crippen LogP contribution >= 0.6 is 17.0 Å². The molecule has 1 atom stereocenters. The van der Waals surface area contributed by atoms with Crippen LogP contribution in [0.5, 0.6) is 0 Å². The lowest BCUT2D eigenvalue weighted by Crippen LogP contribution is -2.09. The van der Waals surface area contributed by atoms with Crippen molar-refractivity contribution in [2.75, 3.05) is 13.7 Å². The fraction of sp³-hybridized carbons (Fsp3) is 0.875. The number of nitrogens with zero attached hydrogens (tertiary/aromatic N) is 1. The Morgan fingerprint density at radius 3 is 2.71 bits per heavy atom. The third-order valence-corrected chi connectivity index (χ3v) is 6.95. The van der Waals surface area contributed by atoms with Gasteiger partial charge in [0.05, 0.1) is 12.9 Å². The van der Waals surface area contributed by atoms with Crippen LogP contribution in [0, 0.1) is 0 Å². The zero-order valence-electron chi connectivity index (χ0n) is 9.19.